The van der Waals surface area contributed by atoms with Gasteiger partial charge >= 0.3 is 0 Å². The zero-order valence-electron chi connectivity index (χ0n) is 10.8. The highest BCUT2D eigenvalue weighted by atomic mass is 16.3. The van der Waals surface area contributed by atoms with Crippen molar-refractivity contribution in [3.05, 3.63) is 60.3 Å². The van der Waals surface area contributed by atoms with Gasteiger partial charge in [-0.2, -0.15) is 0 Å². The number of hydrogen-bond donors (Lipinski definition) is 3. The molecule has 4 heteroatoms. The second-order valence-electron chi connectivity index (χ2n) is 4.66. The number of rotatable bonds is 3. The van der Waals surface area contributed by atoms with Gasteiger partial charge < -0.3 is 15.4 Å². The number of H-pyrrole nitrogens is 1. The average molecular weight is 266 g/mol. The molecular weight excluding hydrogens is 252 g/mol. The van der Waals surface area contributed by atoms with Gasteiger partial charge in [-0.25, -0.2) is 0 Å². The lowest BCUT2D eigenvalue weighted by molar-refractivity contribution is -0.115. The maximum Gasteiger partial charge on any atom is 0.230 e. The lowest BCUT2D eigenvalue weighted by Gasteiger charge is -2.04. The van der Waals surface area contributed by atoms with Gasteiger partial charge in [-0.05, 0) is 29.7 Å². The molecule has 2 aromatic carbocycles. The number of benzene rings is 2. The maximum atomic E-state index is 12.0. The van der Waals surface area contributed by atoms with Crippen molar-refractivity contribution < 1.29 is 9.90 Å². The van der Waals surface area contributed by atoms with E-state index in [1.54, 1.807) is 18.2 Å². The average Bonchev–Trinajstić information content (AvgIpc) is 2.80. The van der Waals surface area contributed by atoms with E-state index in [9.17, 15) is 9.90 Å². The fraction of sp³-hybridized carbons (Fsp3) is 0.0625. The predicted molar refractivity (Wildman–Crippen MR) is 78.7 cm³/mol. The normalized spacial score (nSPS) is 10.6. The molecule has 0 atom stereocenters. The number of aromatic nitrogens is 1. The van der Waals surface area contributed by atoms with Crippen LogP contribution in [0.15, 0.2) is 54.6 Å². The number of phenolic OH excluding ortho intramolecular Hbond substituents is 1. The van der Waals surface area contributed by atoms with Crippen LogP contribution in [-0.4, -0.2) is 16.0 Å². The number of hydrogen-bond acceptors (Lipinski definition) is 2. The van der Waals surface area contributed by atoms with Crippen LogP contribution >= 0.6 is 0 Å². The van der Waals surface area contributed by atoms with Crippen molar-refractivity contribution in [2.45, 2.75) is 6.42 Å². The number of aromatic hydroxyl groups is 1. The molecule has 0 saturated heterocycles. The van der Waals surface area contributed by atoms with Crippen LogP contribution in [0, 0.1) is 0 Å². The Kier molecular flexibility index (Phi) is 3.13. The fourth-order valence-electron chi connectivity index (χ4n) is 2.19. The highest BCUT2D eigenvalue weighted by Gasteiger charge is 2.07. The first-order valence-corrected chi connectivity index (χ1v) is 6.36. The van der Waals surface area contributed by atoms with Gasteiger partial charge in [0.15, 0.2) is 0 Å². The molecule has 0 aliphatic rings. The van der Waals surface area contributed by atoms with Crippen molar-refractivity contribution in [3.63, 3.8) is 0 Å². The molecule has 0 fully saturated rings. The summed E-state index contributed by atoms with van der Waals surface area (Å²) in [6.45, 7) is 0. The number of carbonyl (C=O) groups excluding carboxylic acids is 1. The van der Waals surface area contributed by atoms with Crippen molar-refractivity contribution in [2.75, 3.05) is 5.32 Å². The minimum absolute atomic E-state index is 0.123. The zero-order chi connectivity index (χ0) is 13.9. The van der Waals surface area contributed by atoms with Gasteiger partial charge in [-0.1, -0.05) is 24.3 Å². The highest BCUT2D eigenvalue weighted by molar-refractivity contribution is 5.93. The second kappa shape index (κ2) is 5.09. The van der Waals surface area contributed by atoms with Crippen molar-refractivity contribution in [1.29, 1.82) is 0 Å². The largest absolute Gasteiger partial charge is 0.508 e. The summed E-state index contributed by atoms with van der Waals surface area (Å²) >= 11 is 0. The molecule has 0 bridgehead atoms. The number of nitrogens with one attached hydrogen (secondary N) is 2. The Morgan fingerprint density at radius 1 is 1.10 bits per heavy atom. The van der Waals surface area contributed by atoms with Gasteiger partial charge in [0, 0.05) is 23.0 Å². The molecular formula is C16H14N2O2. The first-order valence-electron chi connectivity index (χ1n) is 6.36. The van der Waals surface area contributed by atoms with Crippen molar-refractivity contribution in [2.24, 2.45) is 0 Å². The summed E-state index contributed by atoms with van der Waals surface area (Å²) in [6.07, 6.45) is 0.268. The topological polar surface area (TPSA) is 65.1 Å². The maximum absolute atomic E-state index is 12.0. The number of phenols is 1. The molecule has 100 valence electrons. The number of para-hydroxylation sites is 1. The van der Waals surface area contributed by atoms with Crippen molar-refractivity contribution in [3.8, 4) is 5.75 Å². The molecule has 0 aliphatic carbocycles. The zero-order valence-corrected chi connectivity index (χ0v) is 10.8. The summed E-state index contributed by atoms with van der Waals surface area (Å²) in [7, 11) is 0. The monoisotopic (exact) mass is 266 g/mol. The summed E-state index contributed by atoms with van der Waals surface area (Å²) in [5, 5.41) is 13.2. The van der Waals surface area contributed by atoms with E-state index >= 15 is 0 Å². The third kappa shape index (κ3) is 2.64. The molecule has 0 unspecified atom stereocenters. The molecule has 1 heterocycles. The summed E-state index contributed by atoms with van der Waals surface area (Å²) in [4.78, 5) is 15.2. The van der Waals surface area contributed by atoms with Crippen LogP contribution < -0.4 is 5.32 Å². The summed E-state index contributed by atoms with van der Waals surface area (Å²) in [5.74, 6) is 0.00979. The number of fused-ring (bicyclic) bond motifs is 1. The molecule has 3 aromatic rings. The summed E-state index contributed by atoms with van der Waals surface area (Å²) < 4.78 is 0. The van der Waals surface area contributed by atoms with Crippen LogP contribution in [0.2, 0.25) is 0 Å². The van der Waals surface area contributed by atoms with E-state index in [1.807, 2.05) is 30.3 Å². The van der Waals surface area contributed by atoms with E-state index in [-0.39, 0.29) is 18.1 Å². The van der Waals surface area contributed by atoms with Crippen molar-refractivity contribution in [1.82, 2.24) is 4.98 Å². The Hall–Kier alpha value is -2.75. The Bertz CT molecular complexity index is 729. The Morgan fingerprint density at radius 3 is 2.75 bits per heavy atom. The minimum Gasteiger partial charge on any atom is -0.508 e. The molecule has 4 nitrogen and oxygen atoms in total. The van der Waals surface area contributed by atoms with Crippen molar-refractivity contribution >= 4 is 22.5 Å². The lowest BCUT2D eigenvalue weighted by Crippen LogP contribution is -2.14. The Morgan fingerprint density at radius 2 is 1.95 bits per heavy atom. The first-order chi connectivity index (χ1) is 9.70. The lowest BCUT2D eigenvalue weighted by atomic mass is 10.2. The molecule has 1 aromatic heterocycles. The SMILES string of the molecule is O=C(Cc1cc2ccccc2[nH]1)Nc1cccc(O)c1. The van der Waals surface area contributed by atoms with Crippen LogP contribution in [0.25, 0.3) is 10.9 Å². The molecule has 0 radical (unpaired) electrons. The number of anilines is 1. The van der Waals surface area contributed by atoms with E-state index in [1.165, 1.54) is 6.07 Å². The molecule has 0 spiro atoms. The van der Waals surface area contributed by atoms with E-state index in [4.69, 9.17) is 0 Å². The van der Waals surface area contributed by atoms with Gasteiger partial charge in [-0.15, -0.1) is 0 Å². The van der Waals surface area contributed by atoms with Crippen LogP contribution in [0.3, 0.4) is 0 Å². The Balaban J connectivity index is 1.72. The standard InChI is InChI=1S/C16H14N2O2/c19-14-6-3-5-12(9-14)18-16(20)10-13-8-11-4-1-2-7-15(11)17-13/h1-9,17,19H,10H2,(H,18,20). The number of amides is 1. The highest BCUT2D eigenvalue weighted by Crippen LogP contribution is 2.17. The summed E-state index contributed by atoms with van der Waals surface area (Å²) in [6, 6.07) is 16.4. The fourth-order valence-corrected chi connectivity index (χ4v) is 2.19. The third-order valence-electron chi connectivity index (χ3n) is 3.07. The molecule has 20 heavy (non-hydrogen) atoms. The first kappa shape index (κ1) is 12.3. The van der Waals surface area contributed by atoms with E-state index in [0.717, 1.165) is 16.6 Å². The second-order valence-corrected chi connectivity index (χ2v) is 4.66. The van der Waals surface area contributed by atoms with E-state index in [0.29, 0.717) is 5.69 Å². The molecule has 1 amide bonds. The van der Waals surface area contributed by atoms with Gasteiger partial charge in [0.05, 0.1) is 6.42 Å². The minimum atomic E-state index is -0.123. The predicted octanol–water partition coefficient (Wildman–Crippen LogP) is 3.05. The molecule has 0 aliphatic heterocycles. The van der Waals surface area contributed by atoms with Crippen LogP contribution in [-0.2, 0) is 11.2 Å². The smallest absolute Gasteiger partial charge is 0.230 e. The van der Waals surface area contributed by atoms with Gasteiger partial charge in [0.25, 0.3) is 0 Å². The van der Waals surface area contributed by atoms with Crippen LogP contribution in [0.5, 0.6) is 5.75 Å². The quantitative estimate of drug-likeness (QED) is 0.682. The molecule has 0 saturated carbocycles. The van der Waals surface area contributed by atoms with E-state index < -0.39 is 0 Å². The molecule has 3 rings (SSSR count). The van der Waals surface area contributed by atoms with E-state index in [2.05, 4.69) is 10.3 Å². The van der Waals surface area contributed by atoms with Crippen LogP contribution in [0.1, 0.15) is 5.69 Å². The van der Waals surface area contributed by atoms with Crippen LogP contribution in [0.4, 0.5) is 5.69 Å². The van der Waals surface area contributed by atoms with Gasteiger partial charge in [0.2, 0.25) is 5.91 Å². The summed E-state index contributed by atoms with van der Waals surface area (Å²) in [5.41, 5.74) is 2.47. The van der Waals surface area contributed by atoms with Gasteiger partial charge in [0.1, 0.15) is 5.75 Å². The molecule has 3 N–H and O–H groups in total. The van der Waals surface area contributed by atoms with Gasteiger partial charge in [-0.3, -0.25) is 4.79 Å². The third-order valence-corrected chi connectivity index (χ3v) is 3.07. The number of carbonyl (C=O) groups is 1. The number of aromatic amines is 1. The Labute approximate surface area is 116 Å².